The number of rotatable bonds is 2. The molecule has 0 radical (unpaired) electrons. The second-order valence-corrected chi connectivity index (χ2v) is 6.50. The number of nitrogens with one attached hydrogen (secondary N) is 1. The quantitative estimate of drug-likeness (QED) is 0.833. The molecule has 2 rings (SSSR count). The Hall–Kier alpha value is -1.06. The van der Waals surface area contributed by atoms with E-state index >= 15 is 0 Å². The minimum atomic E-state index is -0.728. The second kappa shape index (κ2) is 5.14. The molecule has 1 saturated heterocycles. The van der Waals surface area contributed by atoms with Crippen molar-refractivity contribution in [1.82, 2.24) is 10.2 Å². The number of carbonyl (C=O) groups excluding carboxylic acids is 2. The molecule has 1 unspecified atom stereocenters. The van der Waals surface area contributed by atoms with E-state index in [0.29, 0.717) is 19.4 Å². The summed E-state index contributed by atoms with van der Waals surface area (Å²) in [7, 11) is 0. The standard InChI is InChI=1S/C15H26N2O2/c1-4-15(3)13(19)17(11-8-12(18)16-15)14(2)9-6-5-7-10-14/h4-11H2,1-3H3,(H,16,18). The largest absolute Gasteiger partial charge is 0.342 e. The fourth-order valence-corrected chi connectivity index (χ4v) is 3.37. The van der Waals surface area contributed by atoms with Crippen LogP contribution in [0.2, 0.25) is 0 Å². The topological polar surface area (TPSA) is 49.4 Å². The number of hydrogen-bond acceptors (Lipinski definition) is 2. The van der Waals surface area contributed by atoms with Crippen LogP contribution < -0.4 is 5.32 Å². The maximum atomic E-state index is 12.9. The molecule has 0 aromatic heterocycles. The molecule has 4 nitrogen and oxygen atoms in total. The molecule has 0 aromatic carbocycles. The van der Waals surface area contributed by atoms with Gasteiger partial charge in [-0.15, -0.1) is 0 Å². The summed E-state index contributed by atoms with van der Waals surface area (Å²) < 4.78 is 0. The maximum absolute atomic E-state index is 12.9. The molecule has 0 spiro atoms. The Morgan fingerprint density at radius 2 is 1.79 bits per heavy atom. The van der Waals surface area contributed by atoms with Crippen LogP contribution in [0.1, 0.15) is 65.7 Å². The molecule has 2 fully saturated rings. The Kier molecular flexibility index (Phi) is 3.88. The molecule has 19 heavy (non-hydrogen) atoms. The third-order valence-electron chi connectivity index (χ3n) is 4.98. The zero-order valence-corrected chi connectivity index (χ0v) is 12.4. The first kappa shape index (κ1) is 14.4. The van der Waals surface area contributed by atoms with Gasteiger partial charge in [0.15, 0.2) is 0 Å². The third-order valence-corrected chi connectivity index (χ3v) is 4.98. The molecule has 108 valence electrons. The average molecular weight is 266 g/mol. The number of hydrogen-bond donors (Lipinski definition) is 1. The number of nitrogens with zero attached hydrogens (tertiary/aromatic N) is 1. The molecule has 0 aromatic rings. The average Bonchev–Trinajstić information content (AvgIpc) is 2.49. The van der Waals surface area contributed by atoms with Crippen molar-refractivity contribution in [2.45, 2.75) is 76.8 Å². The van der Waals surface area contributed by atoms with Gasteiger partial charge in [-0.05, 0) is 33.1 Å². The fourth-order valence-electron chi connectivity index (χ4n) is 3.37. The SMILES string of the molecule is CCC1(C)NC(=O)CCN(C2(C)CCCCC2)C1=O. The Balaban J connectivity index is 2.28. The summed E-state index contributed by atoms with van der Waals surface area (Å²) in [5.41, 5.74) is -0.786. The predicted octanol–water partition coefficient (Wildman–Crippen LogP) is 2.23. The summed E-state index contributed by atoms with van der Waals surface area (Å²) in [6, 6.07) is 0. The molecule has 1 heterocycles. The van der Waals surface area contributed by atoms with Crippen molar-refractivity contribution in [3.05, 3.63) is 0 Å². The van der Waals surface area contributed by atoms with E-state index in [0.717, 1.165) is 12.8 Å². The number of amides is 2. The monoisotopic (exact) mass is 266 g/mol. The first-order chi connectivity index (χ1) is 8.91. The van der Waals surface area contributed by atoms with Crippen LogP contribution in [0.3, 0.4) is 0 Å². The van der Waals surface area contributed by atoms with Gasteiger partial charge in [-0.1, -0.05) is 26.2 Å². The van der Waals surface area contributed by atoms with Crippen LogP contribution in [-0.4, -0.2) is 34.3 Å². The van der Waals surface area contributed by atoms with E-state index in [1.165, 1.54) is 19.3 Å². The minimum absolute atomic E-state index is 0.000362. The van der Waals surface area contributed by atoms with Gasteiger partial charge in [-0.25, -0.2) is 0 Å². The lowest BCUT2D eigenvalue weighted by atomic mass is 9.80. The van der Waals surface area contributed by atoms with Gasteiger partial charge in [-0.2, -0.15) is 0 Å². The van der Waals surface area contributed by atoms with Gasteiger partial charge >= 0.3 is 0 Å². The van der Waals surface area contributed by atoms with Crippen LogP contribution in [0, 0.1) is 0 Å². The highest BCUT2D eigenvalue weighted by atomic mass is 16.2. The highest BCUT2D eigenvalue weighted by molar-refractivity contribution is 5.93. The Morgan fingerprint density at radius 1 is 1.16 bits per heavy atom. The predicted molar refractivity (Wildman–Crippen MR) is 74.7 cm³/mol. The molecule has 2 aliphatic rings. The summed E-state index contributed by atoms with van der Waals surface area (Å²) in [5.74, 6) is 0.102. The molecule has 0 bridgehead atoms. The van der Waals surface area contributed by atoms with Crippen molar-refractivity contribution >= 4 is 11.8 Å². The van der Waals surface area contributed by atoms with Gasteiger partial charge in [0.25, 0.3) is 0 Å². The van der Waals surface area contributed by atoms with Gasteiger partial charge in [0.05, 0.1) is 0 Å². The van der Waals surface area contributed by atoms with E-state index in [1.807, 2.05) is 18.7 Å². The lowest BCUT2D eigenvalue weighted by Gasteiger charge is -2.46. The van der Waals surface area contributed by atoms with Crippen LogP contribution >= 0.6 is 0 Å². The molecule has 2 amide bonds. The molecule has 1 aliphatic carbocycles. The van der Waals surface area contributed by atoms with Crippen molar-refractivity contribution in [3.63, 3.8) is 0 Å². The fraction of sp³-hybridized carbons (Fsp3) is 0.867. The first-order valence-corrected chi connectivity index (χ1v) is 7.54. The van der Waals surface area contributed by atoms with E-state index in [1.54, 1.807) is 0 Å². The van der Waals surface area contributed by atoms with Gasteiger partial charge in [-0.3, -0.25) is 9.59 Å². The summed E-state index contributed by atoms with van der Waals surface area (Å²) in [5, 5.41) is 2.91. The van der Waals surface area contributed by atoms with Gasteiger partial charge < -0.3 is 10.2 Å². The minimum Gasteiger partial charge on any atom is -0.342 e. The third kappa shape index (κ3) is 2.63. The van der Waals surface area contributed by atoms with Crippen molar-refractivity contribution in [2.24, 2.45) is 0 Å². The molecular weight excluding hydrogens is 240 g/mol. The molecule has 4 heteroatoms. The molecule has 1 aliphatic heterocycles. The van der Waals surface area contributed by atoms with Crippen LogP contribution in [0.4, 0.5) is 0 Å². The lowest BCUT2D eigenvalue weighted by molar-refractivity contribution is -0.144. The van der Waals surface area contributed by atoms with Crippen molar-refractivity contribution in [1.29, 1.82) is 0 Å². The van der Waals surface area contributed by atoms with Crippen LogP contribution in [0.15, 0.2) is 0 Å². The van der Waals surface area contributed by atoms with Gasteiger partial charge in [0.2, 0.25) is 11.8 Å². The van der Waals surface area contributed by atoms with Crippen molar-refractivity contribution < 1.29 is 9.59 Å². The lowest BCUT2D eigenvalue weighted by Crippen LogP contribution is -2.60. The van der Waals surface area contributed by atoms with Gasteiger partial charge in [0.1, 0.15) is 5.54 Å². The van der Waals surface area contributed by atoms with E-state index in [9.17, 15) is 9.59 Å². The number of carbonyl (C=O) groups is 2. The Bertz CT molecular complexity index is 374. The summed E-state index contributed by atoms with van der Waals surface area (Å²) >= 11 is 0. The smallest absolute Gasteiger partial charge is 0.248 e. The maximum Gasteiger partial charge on any atom is 0.248 e. The summed E-state index contributed by atoms with van der Waals surface area (Å²) in [6.07, 6.45) is 6.83. The van der Waals surface area contributed by atoms with E-state index in [-0.39, 0.29) is 17.4 Å². The van der Waals surface area contributed by atoms with Crippen molar-refractivity contribution in [2.75, 3.05) is 6.54 Å². The molecule has 1 saturated carbocycles. The first-order valence-electron chi connectivity index (χ1n) is 7.54. The van der Waals surface area contributed by atoms with E-state index in [4.69, 9.17) is 0 Å². The molecular formula is C15H26N2O2. The van der Waals surface area contributed by atoms with Crippen LogP contribution in [0.25, 0.3) is 0 Å². The highest BCUT2D eigenvalue weighted by Gasteiger charge is 2.45. The Labute approximate surface area is 115 Å². The zero-order chi connectivity index (χ0) is 14.1. The normalized spacial score (nSPS) is 31.8. The van der Waals surface area contributed by atoms with Crippen LogP contribution in [-0.2, 0) is 9.59 Å². The van der Waals surface area contributed by atoms with E-state index < -0.39 is 5.54 Å². The van der Waals surface area contributed by atoms with Crippen molar-refractivity contribution in [3.8, 4) is 0 Å². The summed E-state index contributed by atoms with van der Waals surface area (Å²) in [6.45, 7) is 6.58. The zero-order valence-electron chi connectivity index (χ0n) is 12.4. The van der Waals surface area contributed by atoms with Crippen LogP contribution in [0.5, 0.6) is 0 Å². The van der Waals surface area contributed by atoms with Gasteiger partial charge in [0, 0.05) is 18.5 Å². The summed E-state index contributed by atoms with van der Waals surface area (Å²) in [4.78, 5) is 26.7. The molecule has 1 N–H and O–H groups in total. The Morgan fingerprint density at radius 3 is 2.37 bits per heavy atom. The highest BCUT2D eigenvalue weighted by Crippen LogP contribution is 2.35. The molecule has 1 atom stereocenters. The second-order valence-electron chi connectivity index (χ2n) is 6.50. The van der Waals surface area contributed by atoms with E-state index in [2.05, 4.69) is 12.2 Å².